The molecule has 2 aliphatic carbocycles. The number of likely N-dealkylation sites (N-methyl/N-ethyl adjacent to an activating group) is 2. The van der Waals surface area contributed by atoms with E-state index in [1.807, 2.05) is 54.2 Å². The highest BCUT2D eigenvalue weighted by Gasteiger charge is 2.41. The van der Waals surface area contributed by atoms with Crippen molar-refractivity contribution in [3.05, 3.63) is 162 Å². The van der Waals surface area contributed by atoms with E-state index in [0.717, 1.165) is 22.3 Å². The Morgan fingerprint density at radius 1 is 0.567 bits per heavy atom. The lowest BCUT2D eigenvalue weighted by Crippen LogP contribution is -2.37. The minimum absolute atomic E-state index is 0.0112. The van der Waals surface area contributed by atoms with Gasteiger partial charge < -0.3 is 50.0 Å². The van der Waals surface area contributed by atoms with Crippen molar-refractivity contribution in [2.45, 2.75) is 99.5 Å². The molecule has 2 aromatic heterocycles. The predicted molar refractivity (Wildman–Crippen MR) is 347 cm³/mol. The van der Waals surface area contributed by atoms with Gasteiger partial charge in [0.15, 0.2) is 0 Å². The van der Waals surface area contributed by atoms with Crippen LogP contribution in [0.3, 0.4) is 0 Å². The third-order valence-corrected chi connectivity index (χ3v) is 21.8. The summed E-state index contributed by atoms with van der Waals surface area (Å²) in [4.78, 5) is 38.6. The number of amides is 4. The third-order valence-electron chi connectivity index (χ3n) is 17.0. The zero-order chi connectivity index (χ0) is 64.0. The highest BCUT2D eigenvalue weighted by atomic mass is 35.5. The summed E-state index contributed by atoms with van der Waals surface area (Å²) in [5, 5.41) is 13.5. The molecule has 2 saturated heterocycles. The van der Waals surface area contributed by atoms with Crippen LogP contribution in [0.1, 0.15) is 82.7 Å². The molecule has 4 amide bonds. The Hall–Kier alpha value is -6.18. The Labute approximate surface area is 547 Å². The van der Waals surface area contributed by atoms with Crippen molar-refractivity contribution in [1.82, 2.24) is 49.6 Å². The monoisotopic (exact) mass is 1350 g/mol. The first-order valence-corrected chi connectivity index (χ1v) is 34.4. The number of pyridine rings is 2. The van der Waals surface area contributed by atoms with Gasteiger partial charge in [0.05, 0.1) is 59.6 Å². The lowest BCUT2D eigenvalue weighted by atomic mass is 10.1. The third kappa shape index (κ3) is 16.0. The van der Waals surface area contributed by atoms with Crippen molar-refractivity contribution >= 4 is 78.5 Å². The van der Waals surface area contributed by atoms with Gasteiger partial charge in [0, 0.05) is 107 Å². The van der Waals surface area contributed by atoms with Crippen LogP contribution in [-0.4, -0.2) is 150 Å². The standard InChI is InChI=1S/C64H76Cl4N10O10S2/c1-39-23-49(9-11-59(39)87-61-53-25-43(65)27-55(67)51(53)31-57(61)75(3)4)89(81,82)77-21-15-41(35-77)37-85-47-13-19-69-45(29-47)33-73-63(79)71-17-7-8-18-72-64(80)74-34-46-30-48(14-20-70-46)86-38-42-16-22-78(36-42)90(83,84)50-10-12-60(40(2)24-50)88-62-54-26-44(66)28-56(68)52(54)32-58(62)76(5)6/h9-14,19-20,23-30,41-42,57-58,61-62H,7-8,15-18,21-22,31-38H2,1-6H3,(H2,71,73,79)(H2,72,74,80)/t41-,42-,57+,58+,61+,62+/m1/s1. The first-order chi connectivity index (χ1) is 43.0. The molecule has 10 rings (SSSR count). The quantitative estimate of drug-likeness (QED) is 0.0391. The summed E-state index contributed by atoms with van der Waals surface area (Å²) in [6.45, 7) is 6.71. The van der Waals surface area contributed by atoms with Crippen LogP contribution in [0.2, 0.25) is 20.1 Å². The van der Waals surface area contributed by atoms with Gasteiger partial charge >= 0.3 is 12.1 Å². The molecule has 26 heteroatoms. The fraction of sp³-hybridized carbons (Fsp3) is 0.438. The summed E-state index contributed by atoms with van der Waals surface area (Å²) >= 11 is 25.9. The number of nitrogens with zero attached hydrogens (tertiary/aromatic N) is 6. The number of aromatic nitrogens is 2. The van der Waals surface area contributed by atoms with E-state index in [2.05, 4.69) is 41.0 Å². The van der Waals surface area contributed by atoms with Crippen LogP contribution in [-0.2, 0) is 46.0 Å². The smallest absolute Gasteiger partial charge is 0.315 e. The van der Waals surface area contributed by atoms with Crippen LogP contribution >= 0.6 is 46.4 Å². The van der Waals surface area contributed by atoms with Crippen molar-refractivity contribution in [2.24, 2.45) is 11.8 Å². The lowest BCUT2D eigenvalue weighted by molar-refractivity contribution is 0.110. The molecule has 0 saturated carbocycles. The highest BCUT2D eigenvalue weighted by Crippen LogP contribution is 2.45. The van der Waals surface area contributed by atoms with Gasteiger partial charge in [-0.3, -0.25) is 9.97 Å². The van der Waals surface area contributed by atoms with E-state index in [-0.39, 0.29) is 71.1 Å². The number of carbonyl (C=O) groups is 2. The second-order valence-corrected chi connectivity index (χ2v) is 29.4. The lowest BCUT2D eigenvalue weighted by Gasteiger charge is -2.28. The van der Waals surface area contributed by atoms with Gasteiger partial charge in [0.2, 0.25) is 20.0 Å². The summed E-state index contributed by atoms with van der Waals surface area (Å²) in [7, 11) is 0.385. The number of unbranched alkanes of at least 4 members (excludes halogenated alkanes) is 1. The van der Waals surface area contributed by atoms with Gasteiger partial charge in [-0.1, -0.05) is 46.4 Å². The number of fused-ring (bicyclic) bond motifs is 2. The predicted octanol–water partition coefficient (Wildman–Crippen LogP) is 10.2. The Morgan fingerprint density at radius 3 is 1.37 bits per heavy atom. The molecule has 90 heavy (non-hydrogen) atoms. The van der Waals surface area contributed by atoms with E-state index in [1.165, 1.54) is 8.61 Å². The summed E-state index contributed by atoms with van der Waals surface area (Å²) in [6.07, 6.45) is 6.42. The summed E-state index contributed by atoms with van der Waals surface area (Å²) in [6, 6.07) is 23.4. The maximum atomic E-state index is 13.9. The van der Waals surface area contributed by atoms with Gasteiger partial charge in [-0.25, -0.2) is 26.4 Å². The zero-order valence-electron chi connectivity index (χ0n) is 51.1. The number of halogens is 4. The number of sulfonamides is 2. The number of hydrogen-bond donors (Lipinski definition) is 4. The largest absolute Gasteiger partial charge is 0.493 e. The van der Waals surface area contributed by atoms with E-state index >= 15 is 0 Å². The van der Waals surface area contributed by atoms with Gasteiger partial charge in [0.1, 0.15) is 35.2 Å². The number of benzene rings is 4. The van der Waals surface area contributed by atoms with Crippen molar-refractivity contribution < 1.29 is 45.4 Å². The van der Waals surface area contributed by atoms with Crippen LogP contribution < -0.4 is 40.2 Å². The van der Waals surface area contributed by atoms with Gasteiger partial charge in [-0.15, -0.1) is 0 Å². The molecule has 4 heterocycles. The van der Waals surface area contributed by atoms with Gasteiger partial charge in [0.25, 0.3) is 0 Å². The van der Waals surface area contributed by atoms with E-state index in [9.17, 15) is 26.4 Å². The molecule has 0 bridgehead atoms. The average Bonchev–Trinajstić information content (AvgIpc) is 1.60. The first kappa shape index (κ1) is 66.7. The first-order valence-electron chi connectivity index (χ1n) is 30.0. The number of hydrogen-bond acceptors (Lipinski definition) is 14. The number of carbonyl (C=O) groups excluding carboxylic acids is 2. The minimum Gasteiger partial charge on any atom is -0.493 e. The Kier molecular flexibility index (Phi) is 21.6. The Balaban J connectivity index is 0.583. The van der Waals surface area contributed by atoms with E-state index in [1.54, 1.807) is 85.2 Å². The molecule has 0 radical (unpaired) electrons. The topological polar surface area (TPSA) is 226 Å². The molecule has 0 unspecified atom stereocenters. The van der Waals surface area contributed by atoms with Crippen LogP contribution in [0.25, 0.3) is 0 Å². The average molecular weight is 1350 g/mol. The van der Waals surface area contributed by atoms with Crippen molar-refractivity contribution in [3.63, 3.8) is 0 Å². The van der Waals surface area contributed by atoms with Crippen LogP contribution in [0, 0.1) is 25.7 Å². The number of urea groups is 2. The fourth-order valence-corrected chi connectivity index (χ4v) is 16.4. The Bertz CT molecular complexity index is 3590. The van der Waals surface area contributed by atoms with Crippen LogP contribution in [0.4, 0.5) is 9.59 Å². The molecule has 2 fully saturated rings. The minimum atomic E-state index is -3.79. The highest BCUT2D eigenvalue weighted by molar-refractivity contribution is 7.89. The van der Waals surface area contributed by atoms with Gasteiger partial charge in [-0.2, -0.15) is 8.61 Å². The normalized spacial score (nSPS) is 20.0. The molecule has 2 aliphatic heterocycles. The number of rotatable bonds is 25. The molecule has 482 valence electrons. The van der Waals surface area contributed by atoms with Crippen LogP contribution in [0.5, 0.6) is 23.0 Å². The molecule has 0 spiro atoms. The summed E-state index contributed by atoms with van der Waals surface area (Å²) in [5.74, 6) is 2.21. The molecule has 4 aromatic carbocycles. The number of ether oxygens (including phenoxy) is 4. The van der Waals surface area contributed by atoms with Crippen LogP contribution in [0.15, 0.2) is 107 Å². The summed E-state index contributed by atoms with van der Waals surface area (Å²) < 4.78 is 83.9. The molecule has 6 atom stereocenters. The molecule has 4 aliphatic rings. The Morgan fingerprint density at radius 2 is 0.978 bits per heavy atom. The SMILES string of the molecule is Cc1cc(S(=O)(=O)N2CC[C@@H](COc3ccnc(CNC(=O)NCCCCNC(=O)NCc4cc(OC[C@@H]5CCN(S(=O)(=O)c6ccc(O[C@H]7c8cc(Cl)cc(Cl)c8C[C@@H]7N(C)C)c(C)c6)C5)ccn4)c3)C2)ccc1O[C@H]1c2cc(Cl)cc(Cl)c2C[C@@H]1N(C)C. The maximum Gasteiger partial charge on any atom is 0.315 e. The summed E-state index contributed by atoms with van der Waals surface area (Å²) in [5.41, 5.74) is 6.42. The zero-order valence-corrected chi connectivity index (χ0v) is 55.8. The molecule has 6 aromatic rings. The second-order valence-electron chi connectivity index (χ2n) is 23.9. The van der Waals surface area contributed by atoms with Crippen molar-refractivity contribution in [3.8, 4) is 23.0 Å². The molecular formula is C64H76Cl4N10O10S2. The number of aryl methyl sites for hydroxylation is 2. The molecular weight excluding hydrogens is 1270 g/mol. The maximum absolute atomic E-state index is 13.9. The van der Waals surface area contributed by atoms with E-state index in [4.69, 9.17) is 65.4 Å². The van der Waals surface area contributed by atoms with Crippen molar-refractivity contribution in [1.29, 1.82) is 0 Å². The van der Waals surface area contributed by atoms with Gasteiger partial charge in [-0.05, 0) is 176 Å². The van der Waals surface area contributed by atoms with E-state index < -0.39 is 20.0 Å². The molecule has 4 N–H and O–H groups in total. The number of nitrogens with one attached hydrogen (secondary N) is 4. The molecule has 20 nitrogen and oxygen atoms in total. The fourth-order valence-electron chi connectivity index (χ4n) is 12.0. The van der Waals surface area contributed by atoms with E-state index in [0.29, 0.717) is 157 Å². The van der Waals surface area contributed by atoms with Crippen molar-refractivity contribution in [2.75, 3.05) is 80.7 Å². The second kappa shape index (κ2) is 29.2.